The number of nitrogens with zero attached hydrogens (tertiary/aromatic N) is 1. The molecule has 4 bridgehead atoms. The fourth-order valence-corrected chi connectivity index (χ4v) is 11.7. The standard InChI is InChI=1S/C51H68N4O7/c1-6-7-8-15-39-19-21-45(57)51(31-35-18-20-42(56)43(27-35)59-4)24-11-16-38(51)17-12-25-54-48(53-3)55-41-29-40(50(39)22-9-10-23-50)30-44-47(41)61-26-13-14-36-32-49(62-44,34-52-2)33-37(36)28-46(58)60-5/h18-21,27,29-30,36-39,46,52,56,58H,6-11,14-17,22-24,28,31-34H2,1-5H3,(H2,53,54,55)/b21-19+/t36-,37-,38+,39-,46+,49+,51+/m0/s1. The topological polar surface area (TPSA) is 143 Å². The molecule has 2 aromatic carbocycles. The van der Waals surface area contributed by atoms with Gasteiger partial charge in [0.2, 0.25) is 11.7 Å². The summed E-state index contributed by atoms with van der Waals surface area (Å²) >= 11 is 0. The number of nitrogens with one attached hydrogen (secondary N) is 3. The number of aliphatic hydroxyl groups is 1. The molecule has 11 heteroatoms. The van der Waals surface area contributed by atoms with E-state index in [-0.39, 0.29) is 40.6 Å². The van der Waals surface area contributed by atoms with Crippen molar-refractivity contribution in [3.8, 4) is 47.0 Å². The number of carbonyl (C=O) groups excluding carboxylic acids is 1. The van der Waals surface area contributed by atoms with Gasteiger partial charge in [0.15, 0.2) is 29.3 Å². The number of anilines is 1. The first-order chi connectivity index (χ1) is 30.1. The Labute approximate surface area is 369 Å². The summed E-state index contributed by atoms with van der Waals surface area (Å²) in [7, 11) is 6.78. The van der Waals surface area contributed by atoms with Crippen molar-refractivity contribution in [3.63, 3.8) is 0 Å². The molecule has 11 nitrogen and oxygen atoms in total. The molecule has 0 unspecified atom stereocenters. The molecular formula is C51H68N4O7. The summed E-state index contributed by atoms with van der Waals surface area (Å²) in [6, 6.07) is 13.0. The van der Waals surface area contributed by atoms with E-state index in [0.29, 0.717) is 61.1 Å². The van der Waals surface area contributed by atoms with E-state index in [1.54, 1.807) is 27.3 Å². The third-order valence-corrected chi connectivity index (χ3v) is 14.9. The average Bonchev–Trinajstić information content (AvgIpc) is 4.01. The van der Waals surface area contributed by atoms with Crippen LogP contribution < -0.4 is 30.2 Å². The molecule has 7 atom stereocenters. The van der Waals surface area contributed by atoms with E-state index in [4.69, 9.17) is 18.9 Å². The van der Waals surface area contributed by atoms with Crippen molar-refractivity contribution in [1.82, 2.24) is 10.6 Å². The van der Waals surface area contributed by atoms with Crippen LogP contribution in [0.1, 0.15) is 121 Å². The van der Waals surface area contributed by atoms with Gasteiger partial charge < -0.3 is 39.8 Å². The third-order valence-electron chi connectivity index (χ3n) is 14.9. The van der Waals surface area contributed by atoms with Crippen LogP contribution in [0.4, 0.5) is 5.69 Å². The predicted octanol–water partition coefficient (Wildman–Crippen LogP) is 8.38. The lowest BCUT2D eigenvalue weighted by Crippen LogP contribution is -2.43. The largest absolute Gasteiger partial charge is 0.504 e. The number of benzene rings is 2. The second-order valence-electron chi connectivity index (χ2n) is 18.6. The van der Waals surface area contributed by atoms with Crippen LogP contribution in [-0.2, 0) is 21.4 Å². The molecule has 3 saturated carbocycles. The van der Waals surface area contributed by atoms with Crippen molar-refractivity contribution >= 4 is 17.4 Å². The average molecular weight is 849 g/mol. The highest BCUT2D eigenvalue weighted by molar-refractivity contribution is 5.97. The molecule has 62 heavy (non-hydrogen) atoms. The number of allylic oxidation sites excluding steroid dienone is 2. The molecule has 2 aromatic rings. The number of hydrogen-bond acceptors (Lipinski definition) is 9. The van der Waals surface area contributed by atoms with E-state index in [0.717, 1.165) is 94.6 Å². The molecule has 0 radical (unpaired) electrons. The molecule has 3 fully saturated rings. The molecule has 7 rings (SSSR count). The van der Waals surface area contributed by atoms with Crippen LogP contribution in [0.25, 0.3) is 0 Å². The summed E-state index contributed by atoms with van der Waals surface area (Å²) in [4.78, 5) is 19.8. The Balaban J connectivity index is 1.37. The molecule has 2 heterocycles. The zero-order chi connectivity index (χ0) is 43.7. The number of ether oxygens (including phenoxy) is 4. The summed E-state index contributed by atoms with van der Waals surface area (Å²) in [5.74, 6) is 9.36. The van der Waals surface area contributed by atoms with Crippen molar-refractivity contribution in [3.05, 3.63) is 53.6 Å². The van der Waals surface area contributed by atoms with Crippen LogP contribution in [0.2, 0.25) is 0 Å². The van der Waals surface area contributed by atoms with Gasteiger partial charge in [-0.1, -0.05) is 69.4 Å². The normalized spacial score (nSPS) is 29.3. The van der Waals surface area contributed by atoms with Crippen LogP contribution in [0.3, 0.4) is 0 Å². The number of carbonyl (C=O) groups is 1. The minimum absolute atomic E-state index is 0.0395. The Kier molecular flexibility index (Phi) is 14.8. The monoisotopic (exact) mass is 849 g/mol. The van der Waals surface area contributed by atoms with E-state index in [1.807, 2.05) is 25.3 Å². The Hall–Kier alpha value is -4.68. The van der Waals surface area contributed by atoms with Gasteiger partial charge in [-0.25, -0.2) is 0 Å². The van der Waals surface area contributed by atoms with Crippen LogP contribution >= 0.6 is 0 Å². The number of likely N-dealkylation sites (N-methyl/N-ethyl adjacent to an activating group) is 1. The molecule has 1 spiro atoms. The molecule has 334 valence electrons. The quantitative estimate of drug-likeness (QED) is 0.0804. The number of rotatable bonds is 12. The zero-order valence-corrected chi connectivity index (χ0v) is 37.5. The number of unbranched alkanes of at least 4 members (excludes halogenated alkanes) is 2. The predicted molar refractivity (Wildman–Crippen MR) is 243 cm³/mol. The summed E-state index contributed by atoms with van der Waals surface area (Å²) in [6.07, 6.45) is 21.0. The lowest BCUT2D eigenvalue weighted by atomic mass is 9.65. The summed E-state index contributed by atoms with van der Waals surface area (Å²) in [5.41, 5.74) is 1.27. The van der Waals surface area contributed by atoms with Gasteiger partial charge in [-0.2, -0.15) is 0 Å². The lowest BCUT2D eigenvalue weighted by molar-refractivity contribution is -0.125. The van der Waals surface area contributed by atoms with Crippen molar-refractivity contribution in [2.75, 3.05) is 40.2 Å². The minimum Gasteiger partial charge on any atom is -0.504 e. The van der Waals surface area contributed by atoms with Gasteiger partial charge in [-0.15, -0.1) is 0 Å². The van der Waals surface area contributed by atoms with Crippen LogP contribution in [0.5, 0.6) is 23.0 Å². The molecule has 5 aliphatic rings. The van der Waals surface area contributed by atoms with Crippen molar-refractivity contribution in [2.45, 2.75) is 133 Å². The summed E-state index contributed by atoms with van der Waals surface area (Å²) in [5, 5.41) is 31.3. The molecule has 0 amide bonds. The second kappa shape index (κ2) is 20.2. The number of phenolic OH excluding ortho intramolecular Hbond substituents is 1. The number of phenols is 1. The first-order valence-electron chi connectivity index (χ1n) is 23.1. The second-order valence-corrected chi connectivity index (χ2v) is 18.6. The van der Waals surface area contributed by atoms with E-state index < -0.39 is 17.3 Å². The van der Waals surface area contributed by atoms with Gasteiger partial charge in [-0.05, 0) is 124 Å². The lowest BCUT2D eigenvalue weighted by Gasteiger charge is -2.39. The Morgan fingerprint density at radius 3 is 2.66 bits per heavy atom. The van der Waals surface area contributed by atoms with E-state index in [2.05, 4.69) is 70.1 Å². The fraction of sp³-hybridized carbons (Fsp3) is 0.608. The zero-order valence-electron chi connectivity index (χ0n) is 37.5. The Morgan fingerprint density at radius 1 is 1.06 bits per heavy atom. The van der Waals surface area contributed by atoms with E-state index in [1.165, 1.54) is 0 Å². The van der Waals surface area contributed by atoms with Crippen LogP contribution in [0.15, 0.2) is 47.5 Å². The highest BCUT2D eigenvalue weighted by atomic mass is 16.6. The first kappa shape index (κ1) is 45.3. The summed E-state index contributed by atoms with van der Waals surface area (Å²) < 4.78 is 24.6. The van der Waals surface area contributed by atoms with Gasteiger partial charge in [0.25, 0.3) is 0 Å². The number of aliphatic hydroxyl groups excluding tert-OH is 1. The smallest absolute Gasteiger partial charge is 0.207 e. The fourth-order valence-electron chi connectivity index (χ4n) is 11.7. The van der Waals surface area contributed by atoms with Gasteiger partial charge in [0.05, 0.1) is 12.8 Å². The molecule has 0 saturated heterocycles. The van der Waals surface area contributed by atoms with E-state index >= 15 is 4.79 Å². The maximum Gasteiger partial charge on any atom is 0.207 e. The number of ketones is 1. The van der Waals surface area contributed by atoms with Crippen LogP contribution in [-0.4, -0.2) is 68.7 Å². The molecule has 5 N–H and O–H groups in total. The summed E-state index contributed by atoms with van der Waals surface area (Å²) in [6.45, 7) is 2.85. The van der Waals surface area contributed by atoms with Gasteiger partial charge >= 0.3 is 0 Å². The Morgan fingerprint density at radius 2 is 1.90 bits per heavy atom. The number of fused-ring (bicyclic) bond motifs is 8. The van der Waals surface area contributed by atoms with Crippen molar-refractivity contribution < 1.29 is 34.0 Å². The maximum atomic E-state index is 15.2. The molecule has 3 aliphatic carbocycles. The molecule has 0 aromatic heterocycles. The SMILES string of the molecule is CCCCC[C@H]1/C=C/C(=O)[C@@]2(Cc3ccc(O)c(OC)c3)CCC[C@@H]2CC#CNC(=NC)Nc2cc(cc3c2OC#CC[C@H]2C[C@](CNC)(C[C@@H]2C[C@H](O)OC)O3)C12CCCC2. The number of aromatic hydroxyl groups is 1. The molecular weight excluding hydrogens is 781 g/mol. The van der Waals surface area contributed by atoms with Crippen molar-refractivity contribution in [2.24, 2.45) is 34.1 Å². The first-order valence-corrected chi connectivity index (χ1v) is 23.1. The van der Waals surface area contributed by atoms with Crippen molar-refractivity contribution in [1.29, 1.82) is 0 Å². The Bertz CT molecular complexity index is 2090. The highest BCUT2D eigenvalue weighted by Gasteiger charge is 2.50. The van der Waals surface area contributed by atoms with Gasteiger partial charge in [0, 0.05) is 56.8 Å². The molecule has 2 aliphatic heterocycles. The third kappa shape index (κ3) is 9.61. The highest BCUT2D eigenvalue weighted by Crippen LogP contribution is 2.55. The van der Waals surface area contributed by atoms with Gasteiger partial charge in [0.1, 0.15) is 11.7 Å². The minimum atomic E-state index is -0.864. The van der Waals surface area contributed by atoms with E-state index in [9.17, 15) is 10.2 Å². The number of guanidine groups is 1. The number of aliphatic imine (C=N–C) groups is 1. The van der Waals surface area contributed by atoms with Crippen LogP contribution in [0, 0.1) is 53.1 Å². The van der Waals surface area contributed by atoms with Gasteiger partial charge in [-0.3, -0.25) is 15.1 Å². The maximum absolute atomic E-state index is 15.2. The number of hydrogen-bond donors (Lipinski definition) is 5. The number of methoxy groups -OCH3 is 2.